The van der Waals surface area contributed by atoms with Gasteiger partial charge in [0.25, 0.3) is 0 Å². The average Bonchev–Trinajstić information content (AvgIpc) is 3.15. The molecule has 1 aliphatic carbocycles. The van der Waals surface area contributed by atoms with Gasteiger partial charge in [-0.05, 0) is 57.8 Å². The van der Waals surface area contributed by atoms with Crippen LogP contribution in [0.1, 0.15) is 29.7 Å². The Kier molecular flexibility index (Phi) is 5.79. The molecule has 0 aromatic carbocycles. The standard InChI is InChI=1S/C14H25N3O2S2/c1-11-10-20-13(9-15-12-5-6-12)14(11)21(18,19)16-7-4-8-17(2)3/h10,12,15-16H,4-9H2,1-3H3. The Bertz CT molecular complexity index is 563. The van der Waals surface area contributed by atoms with Gasteiger partial charge in [0, 0.05) is 24.0 Å². The largest absolute Gasteiger partial charge is 0.309 e. The summed E-state index contributed by atoms with van der Waals surface area (Å²) in [5, 5.41) is 5.32. The van der Waals surface area contributed by atoms with Crippen molar-refractivity contribution < 1.29 is 8.42 Å². The van der Waals surface area contributed by atoms with Gasteiger partial charge in [0.15, 0.2) is 0 Å². The van der Waals surface area contributed by atoms with Gasteiger partial charge in [0.2, 0.25) is 10.0 Å². The van der Waals surface area contributed by atoms with Crippen LogP contribution < -0.4 is 10.0 Å². The second-order valence-electron chi connectivity index (χ2n) is 5.88. The Balaban J connectivity index is 1.98. The maximum atomic E-state index is 12.5. The zero-order chi connectivity index (χ0) is 15.5. The lowest BCUT2D eigenvalue weighted by Crippen LogP contribution is -2.28. The Labute approximate surface area is 131 Å². The van der Waals surface area contributed by atoms with Gasteiger partial charge in [-0.25, -0.2) is 13.1 Å². The molecular formula is C14H25N3O2S2. The molecule has 0 amide bonds. The number of nitrogens with zero attached hydrogens (tertiary/aromatic N) is 1. The summed E-state index contributed by atoms with van der Waals surface area (Å²) >= 11 is 1.53. The van der Waals surface area contributed by atoms with E-state index in [4.69, 9.17) is 0 Å². The summed E-state index contributed by atoms with van der Waals surface area (Å²) in [5.41, 5.74) is 0.840. The minimum Gasteiger partial charge on any atom is -0.309 e. The predicted molar refractivity (Wildman–Crippen MR) is 87.3 cm³/mol. The monoisotopic (exact) mass is 331 g/mol. The van der Waals surface area contributed by atoms with Crippen molar-refractivity contribution in [1.29, 1.82) is 0 Å². The molecule has 0 spiro atoms. The molecule has 0 atom stereocenters. The fourth-order valence-corrected chi connectivity index (χ4v) is 5.00. The van der Waals surface area contributed by atoms with E-state index < -0.39 is 10.0 Å². The first-order valence-electron chi connectivity index (χ1n) is 7.35. The van der Waals surface area contributed by atoms with E-state index in [1.807, 2.05) is 26.4 Å². The molecule has 2 N–H and O–H groups in total. The van der Waals surface area contributed by atoms with Crippen molar-refractivity contribution in [2.75, 3.05) is 27.2 Å². The first-order chi connectivity index (χ1) is 9.90. The third kappa shape index (κ3) is 5.03. The Morgan fingerprint density at radius 1 is 1.38 bits per heavy atom. The maximum Gasteiger partial charge on any atom is 0.241 e. The number of hydrogen-bond acceptors (Lipinski definition) is 5. The first kappa shape index (κ1) is 16.9. The van der Waals surface area contributed by atoms with Gasteiger partial charge in [0.05, 0.1) is 0 Å². The number of hydrogen-bond donors (Lipinski definition) is 2. The maximum absolute atomic E-state index is 12.5. The molecule has 120 valence electrons. The molecule has 1 aromatic rings. The average molecular weight is 332 g/mol. The molecule has 1 aromatic heterocycles. The normalized spacial score (nSPS) is 15.8. The van der Waals surface area contributed by atoms with Crippen LogP contribution in [0.4, 0.5) is 0 Å². The second kappa shape index (κ2) is 7.19. The van der Waals surface area contributed by atoms with Crippen LogP contribution in [0, 0.1) is 6.92 Å². The summed E-state index contributed by atoms with van der Waals surface area (Å²) in [6.45, 7) is 3.87. The van der Waals surface area contributed by atoms with Gasteiger partial charge in [-0.2, -0.15) is 0 Å². The van der Waals surface area contributed by atoms with Crippen molar-refractivity contribution in [3.8, 4) is 0 Å². The van der Waals surface area contributed by atoms with Gasteiger partial charge < -0.3 is 10.2 Å². The van der Waals surface area contributed by atoms with Crippen LogP contribution in [0.15, 0.2) is 10.3 Å². The van der Waals surface area contributed by atoms with Crippen LogP contribution >= 0.6 is 11.3 Å². The van der Waals surface area contributed by atoms with Crippen molar-refractivity contribution in [2.45, 2.75) is 43.7 Å². The quantitative estimate of drug-likeness (QED) is 0.674. The van der Waals surface area contributed by atoms with E-state index in [0.29, 0.717) is 24.0 Å². The highest BCUT2D eigenvalue weighted by atomic mass is 32.2. The van der Waals surface area contributed by atoms with Gasteiger partial charge in [-0.1, -0.05) is 0 Å². The van der Waals surface area contributed by atoms with Gasteiger partial charge >= 0.3 is 0 Å². The smallest absolute Gasteiger partial charge is 0.241 e. The number of aryl methyl sites for hydroxylation is 1. The molecule has 2 rings (SSSR count). The van der Waals surface area contributed by atoms with E-state index in [9.17, 15) is 8.42 Å². The summed E-state index contributed by atoms with van der Waals surface area (Å²) < 4.78 is 27.7. The zero-order valence-corrected chi connectivity index (χ0v) is 14.6. The minimum atomic E-state index is -3.40. The number of rotatable bonds is 9. The van der Waals surface area contributed by atoms with Crippen molar-refractivity contribution in [3.63, 3.8) is 0 Å². The van der Waals surface area contributed by atoms with E-state index >= 15 is 0 Å². The minimum absolute atomic E-state index is 0.477. The van der Waals surface area contributed by atoms with Crippen molar-refractivity contribution in [3.05, 3.63) is 15.8 Å². The van der Waals surface area contributed by atoms with Crippen molar-refractivity contribution >= 4 is 21.4 Å². The molecule has 1 heterocycles. The third-order valence-corrected chi connectivity index (χ3v) is 6.38. The molecule has 0 saturated heterocycles. The van der Waals surface area contributed by atoms with E-state index in [0.717, 1.165) is 23.4 Å². The Hall–Kier alpha value is -0.470. The van der Waals surface area contributed by atoms with E-state index in [1.54, 1.807) is 0 Å². The number of sulfonamides is 1. The van der Waals surface area contributed by atoms with Crippen LogP contribution in [-0.2, 0) is 16.6 Å². The molecule has 1 fully saturated rings. The lowest BCUT2D eigenvalue weighted by molar-refractivity contribution is 0.400. The van der Waals surface area contributed by atoms with Crippen molar-refractivity contribution in [1.82, 2.24) is 14.9 Å². The highest BCUT2D eigenvalue weighted by Gasteiger charge is 2.25. The topological polar surface area (TPSA) is 61.4 Å². The Morgan fingerprint density at radius 3 is 2.71 bits per heavy atom. The fraction of sp³-hybridized carbons (Fsp3) is 0.714. The Morgan fingerprint density at radius 2 is 2.10 bits per heavy atom. The number of thiophene rings is 1. The molecular weight excluding hydrogens is 306 g/mol. The first-order valence-corrected chi connectivity index (χ1v) is 9.71. The van der Waals surface area contributed by atoms with Crippen LogP contribution in [-0.4, -0.2) is 46.5 Å². The van der Waals surface area contributed by atoms with Gasteiger partial charge in [-0.3, -0.25) is 0 Å². The molecule has 1 saturated carbocycles. The fourth-order valence-electron chi connectivity index (χ4n) is 2.17. The zero-order valence-electron chi connectivity index (χ0n) is 13.0. The molecule has 0 bridgehead atoms. The molecule has 21 heavy (non-hydrogen) atoms. The summed E-state index contributed by atoms with van der Waals surface area (Å²) in [7, 11) is 0.569. The SMILES string of the molecule is Cc1csc(CNC2CC2)c1S(=O)(=O)NCCCN(C)C. The summed E-state index contributed by atoms with van der Waals surface area (Å²) in [6.07, 6.45) is 3.22. The van der Waals surface area contributed by atoms with E-state index in [2.05, 4.69) is 14.9 Å². The van der Waals surface area contributed by atoms with E-state index in [1.165, 1.54) is 24.2 Å². The molecule has 0 unspecified atom stereocenters. The summed E-state index contributed by atoms with van der Waals surface area (Å²) in [4.78, 5) is 3.44. The van der Waals surface area contributed by atoms with E-state index in [-0.39, 0.29) is 0 Å². The predicted octanol–water partition coefficient (Wildman–Crippen LogP) is 1.54. The summed E-state index contributed by atoms with van der Waals surface area (Å²) in [5.74, 6) is 0. The van der Waals surface area contributed by atoms with Crippen LogP contribution in [0.25, 0.3) is 0 Å². The lowest BCUT2D eigenvalue weighted by Gasteiger charge is -2.12. The van der Waals surface area contributed by atoms with Gasteiger partial charge in [-0.15, -0.1) is 11.3 Å². The highest BCUT2D eigenvalue weighted by Crippen LogP contribution is 2.28. The summed E-state index contributed by atoms with van der Waals surface area (Å²) in [6, 6.07) is 0.580. The molecule has 0 aliphatic heterocycles. The highest BCUT2D eigenvalue weighted by molar-refractivity contribution is 7.89. The van der Waals surface area contributed by atoms with Crippen LogP contribution in [0.5, 0.6) is 0 Å². The van der Waals surface area contributed by atoms with Crippen molar-refractivity contribution in [2.24, 2.45) is 0 Å². The van der Waals surface area contributed by atoms with Crippen LogP contribution in [0.3, 0.4) is 0 Å². The number of nitrogens with one attached hydrogen (secondary N) is 2. The van der Waals surface area contributed by atoms with Crippen LogP contribution in [0.2, 0.25) is 0 Å². The molecule has 7 heteroatoms. The molecule has 0 radical (unpaired) electrons. The second-order valence-corrected chi connectivity index (χ2v) is 8.55. The molecule has 1 aliphatic rings. The van der Waals surface area contributed by atoms with Gasteiger partial charge in [0.1, 0.15) is 4.90 Å². The lowest BCUT2D eigenvalue weighted by atomic mass is 10.3. The third-order valence-electron chi connectivity index (χ3n) is 3.46. The molecule has 5 nitrogen and oxygen atoms in total.